The highest BCUT2D eigenvalue weighted by molar-refractivity contribution is 5.94. The lowest BCUT2D eigenvalue weighted by Crippen LogP contribution is -2.25. The SMILES string of the molecule is CC(=O)c1cccc(OC(C)(C)c2ccncc2)c1. The average molecular weight is 255 g/mol. The molecule has 0 aliphatic carbocycles. The maximum absolute atomic E-state index is 11.4. The van der Waals surface area contributed by atoms with Crippen LogP contribution in [0.2, 0.25) is 0 Å². The third-order valence-electron chi connectivity index (χ3n) is 2.99. The van der Waals surface area contributed by atoms with Crippen molar-refractivity contribution in [3.8, 4) is 5.75 Å². The molecule has 2 rings (SSSR count). The second kappa shape index (κ2) is 5.22. The first kappa shape index (κ1) is 13.3. The summed E-state index contributed by atoms with van der Waals surface area (Å²) in [5.41, 5.74) is 1.22. The minimum atomic E-state index is -0.474. The van der Waals surface area contributed by atoms with Crippen molar-refractivity contribution < 1.29 is 9.53 Å². The number of Topliss-reactive ketones (excluding diaryl/α,β-unsaturated/α-hetero) is 1. The smallest absolute Gasteiger partial charge is 0.159 e. The number of carbonyl (C=O) groups is 1. The van der Waals surface area contributed by atoms with Gasteiger partial charge in [-0.25, -0.2) is 0 Å². The Balaban J connectivity index is 2.25. The van der Waals surface area contributed by atoms with Crippen LogP contribution in [0, 0.1) is 0 Å². The van der Waals surface area contributed by atoms with Gasteiger partial charge in [0, 0.05) is 18.0 Å². The molecule has 0 bridgehead atoms. The fourth-order valence-corrected chi connectivity index (χ4v) is 1.89. The van der Waals surface area contributed by atoms with E-state index in [0.717, 1.165) is 5.56 Å². The number of carbonyl (C=O) groups excluding carboxylic acids is 1. The second-order valence-corrected chi connectivity index (χ2v) is 4.93. The normalized spacial score (nSPS) is 11.1. The molecule has 0 amide bonds. The highest BCUT2D eigenvalue weighted by Gasteiger charge is 2.22. The van der Waals surface area contributed by atoms with Crippen LogP contribution >= 0.6 is 0 Å². The zero-order chi connectivity index (χ0) is 13.9. The van der Waals surface area contributed by atoms with Crippen molar-refractivity contribution in [2.45, 2.75) is 26.4 Å². The Morgan fingerprint density at radius 1 is 1.16 bits per heavy atom. The van der Waals surface area contributed by atoms with Gasteiger partial charge >= 0.3 is 0 Å². The lowest BCUT2D eigenvalue weighted by atomic mass is 9.99. The summed E-state index contributed by atoms with van der Waals surface area (Å²) in [6.07, 6.45) is 3.48. The van der Waals surface area contributed by atoms with Gasteiger partial charge in [0.15, 0.2) is 5.78 Å². The summed E-state index contributed by atoms with van der Waals surface area (Å²) in [5, 5.41) is 0. The maximum Gasteiger partial charge on any atom is 0.159 e. The van der Waals surface area contributed by atoms with Gasteiger partial charge in [0.05, 0.1) is 0 Å². The fourth-order valence-electron chi connectivity index (χ4n) is 1.89. The van der Waals surface area contributed by atoms with Crippen LogP contribution in [-0.4, -0.2) is 10.8 Å². The molecular weight excluding hydrogens is 238 g/mol. The monoisotopic (exact) mass is 255 g/mol. The number of ether oxygens (including phenoxy) is 1. The first-order valence-electron chi connectivity index (χ1n) is 6.19. The zero-order valence-electron chi connectivity index (χ0n) is 11.4. The van der Waals surface area contributed by atoms with Crippen LogP contribution in [0.4, 0.5) is 0 Å². The largest absolute Gasteiger partial charge is 0.483 e. The molecule has 3 heteroatoms. The average Bonchev–Trinajstić information content (AvgIpc) is 2.39. The van der Waals surface area contributed by atoms with Gasteiger partial charge in [0.25, 0.3) is 0 Å². The first-order valence-corrected chi connectivity index (χ1v) is 6.19. The predicted octanol–water partition coefficient (Wildman–Crippen LogP) is 3.60. The minimum Gasteiger partial charge on any atom is -0.483 e. The van der Waals surface area contributed by atoms with Crippen LogP contribution in [0.15, 0.2) is 48.8 Å². The van der Waals surface area contributed by atoms with Crippen LogP contribution in [-0.2, 0) is 5.60 Å². The van der Waals surface area contributed by atoms with Crippen LogP contribution < -0.4 is 4.74 Å². The third kappa shape index (κ3) is 3.19. The summed E-state index contributed by atoms with van der Waals surface area (Å²) < 4.78 is 6.00. The van der Waals surface area contributed by atoms with Crippen molar-refractivity contribution in [3.05, 3.63) is 59.9 Å². The second-order valence-electron chi connectivity index (χ2n) is 4.93. The molecule has 3 nitrogen and oxygen atoms in total. The minimum absolute atomic E-state index is 0.0344. The zero-order valence-corrected chi connectivity index (χ0v) is 11.4. The molecule has 0 atom stereocenters. The van der Waals surface area contributed by atoms with Gasteiger partial charge in [-0.15, -0.1) is 0 Å². The van der Waals surface area contributed by atoms with E-state index in [2.05, 4.69) is 4.98 Å². The van der Waals surface area contributed by atoms with E-state index in [4.69, 9.17) is 4.74 Å². The van der Waals surface area contributed by atoms with Gasteiger partial charge in [0.2, 0.25) is 0 Å². The molecule has 1 aromatic heterocycles. The molecule has 0 radical (unpaired) electrons. The number of nitrogens with zero attached hydrogens (tertiary/aromatic N) is 1. The summed E-state index contributed by atoms with van der Waals surface area (Å²) in [6.45, 7) is 5.53. The molecule has 0 saturated heterocycles. The van der Waals surface area contributed by atoms with Crippen molar-refractivity contribution in [1.29, 1.82) is 0 Å². The van der Waals surface area contributed by atoms with E-state index in [0.29, 0.717) is 11.3 Å². The molecule has 0 saturated carbocycles. The number of ketones is 1. The van der Waals surface area contributed by atoms with Gasteiger partial charge < -0.3 is 4.74 Å². The van der Waals surface area contributed by atoms with Gasteiger partial charge in [-0.3, -0.25) is 9.78 Å². The van der Waals surface area contributed by atoms with E-state index < -0.39 is 5.60 Å². The van der Waals surface area contributed by atoms with Crippen molar-refractivity contribution >= 4 is 5.78 Å². The molecule has 0 fully saturated rings. The lowest BCUT2D eigenvalue weighted by molar-refractivity contribution is 0.100. The number of hydrogen-bond acceptors (Lipinski definition) is 3. The van der Waals surface area contributed by atoms with Crippen molar-refractivity contribution in [2.24, 2.45) is 0 Å². The van der Waals surface area contributed by atoms with E-state index in [1.165, 1.54) is 0 Å². The van der Waals surface area contributed by atoms with Crippen molar-refractivity contribution in [1.82, 2.24) is 4.98 Å². The highest BCUT2D eigenvalue weighted by atomic mass is 16.5. The van der Waals surface area contributed by atoms with Crippen molar-refractivity contribution in [3.63, 3.8) is 0 Å². The highest BCUT2D eigenvalue weighted by Crippen LogP contribution is 2.27. The van der Waals surface area contributed by atoms with Gasteiger partial charge in [-0.05, 0) is 50.6 Å². The summed E-state index contributed by atoms with van der Waals surface area (Å²) in [6, 6.07) is 11.1. The molecule has 98 valence electrons. The summed E-state index contributed by atoms with van der Waals surface area (Å²) in [7, 11) is 0. The lowest BCUT2D eigenvalue weighted by Gasteiger charge is -2.27. The molecule has 0 aliphatic rings. The fraction of sp³-hybridized carbons (Fsp3) is 0.250. The van der Waals surface area contributed by atoms with Crippen LogP contribution in [0.1, 0.15) is 36.7 Å². The quantitative estimate of drug-likeness (QED) is 0.784. The number of aromatic nitrogens is 1. The Labute approximate surface area is 113 Å². The van der Waals surface area contributed by atoms with Gasteiger partial charge in [-0.2, -0.15) is 0 Å². The number of hydrogen-bond donors (Lipinski definition) is 0. The van der Waals surface area contributed by atoms with E-state index in [9.17, 15) is 4.79 Å². The molecular formula is C16H17NO2. The number of rotatable bonds is 4. The van der Waals surface area contributed by atoms with Crippen LogP contribution in [0.3, 0.4) is 0 Å². The first-order chi connectivity index (χ1) is 8.99. The number of pyridine rings is 1. The van der Waals surface area contributed by atoms with Crippen molar-refractivity contribution in [2.75, 3.05) is 0 Å². The standard InChI is InChI=1S/C16H17NO2/c1-12(18)13-5-4-6-15(11-13)19-16(2,3)14-7-9-17-10-8-14/h4-11H,1-3H3. The molecule has 2 aromatic rings. The molecule has 19 heavy (non-hydrogen) atoms. The van der Waals surface area contributed by atoms with Crippen LogP contribution in [0.5, 0.6) is 5.75 Å². The Morgan fingerprint density at radius 2 is 1.84 bits per heavy atom. The maximum atomic E-state index is 11.4. The predicted molar refractivity (Wildman–Crippen MR) is 74.3 cm³/mol. The van der Waals surface area contributed by atoms with Crippen LogP contribution in [0.25, 0.3) is 0 Å². The van der Waals surface area contributed by atoms with Gasteiger partial charge in [-0.1, -0.05) is 12.1 Å². The molecule has 0 unspecified atom stereocenters. The van der Waals surface area contributed by atoms with Gasteiger partial charge in [0.1, 0.15) is 11.4 Å². The molecule has 1 heterocycles. The third-order valence-corrected chi connectivity index (χ3v) is 2.99. The molecule has 0 aliphatic heterocycles. The Bertz CT molecular complexity index is 576. The Kier molecular flexibility index (Phi) is 3.65. The van der Waals surface area contributed by atoms with E-state index in [1.807, 2.05) is 38.1 Å². The number of benzene rings is 1. The molecule has 0 N–H and O–H groups in total. The summed E-state index contributed by atoms with van der Waals surface area (Å²) in [4.78, 5) is 15.4. The summed E-state index contributed by atoms with van der Waals surface area (Å²) in [5.74, 6) is 0.724. The Morgan fingerprint density at radius 3 is 2.47 bits per heavy atom. The van der Waals surface area contributed by atoms with E-state index >= 15 is 0 Å². The Hall–Kier alpha value is -2.16. The van der Waals surface area contributed by atoms with E-state index in [1.54, 1.807) is 31.5 Å². The van der Waals surface area contributed by atoms with E-state index in [-0.39, 0.29) is 5.78 Å². The molecule has 0 spiro atoms. The topological polar surface area (TPSA) is 39.2 Å². The summed E-state index contributed by atoms with van der Waals surface area (Å²) >= 11 is 0. The molecule has 1 aromatic carbocycles.